The molecule has 0 aliphatic carbocycles. The van der Waals surface area contributed by atoms with Crippen LogP contribution in [0.2, 0.25) is 0 Å². The highest BCUT2D eigenvalue weighted by atomic mass is 16.8. The van der Waals surface area contributed by atoms with Crippen LogP contribution in [0.4, 0.5) is 0 Å². The molecule has 0 atom stereocenters. The summed E-state index contributed by atoms with van der Waals surface area (Å²) in [5.41, 5.74) is 1.23. The largest absolute Gasteiger partial charge is 0.326 e. The molecule has 1 aromatic carbocycles. The van der Waals surface area contributed by atoms with Crippen LogP contribution in [-0.4, -0.2) is 36.3 Å². The van der Waals surface area contributed by atoms with Crippen molar-refractivity contribution in [2.45, 2.75) is 12.8 Å². The zero-order chi connectivity index (χ0) is 12.8. The van der Waals surface area contributed by atoms with Gasteiger partial charge in [-0.2, -0.15) is 0 Å². The molecule has 3 rings (SSSR count). The lowest BCUT2D eigenvalue weighted by Crippen LogP contribution is -2.46. The van der Waals surface area contributed by atoms with Crippen LogP contribution in [0.15, 0.2) is 24.3 Å². The molecular formula is C13H13NO4. The van der Waals surface area contributed by atoms with Crippen molar-refractivity contribution in [2.75, 3.05) is 19.8 Å². The maximum Gasteiger partial charge on any atom is 0.284 e. The molecule has 1 aromatic rings. The number of carbonyl (C=O) groups excluding carboxylic acids is 2. The van der Waals surface area contributed by atoms with E-state index in [9.17, 15) is 9.59 Å². The Labute approximate surface area is 104 Å². The Morgan fingerprint density at radius 1 is 1.33 bits per heavy atom. The van der Waals surface area contributed by atoms with Crippen LogP contribution in [0.3, 0.4) is 0 Å². The Balaban J connectivity index is 2.12. The first kappa shape index (κ1) is 11.4. The van der Waals surface area contributed by atoms with Gasteiger partial charge in [-0.05, 0) is 13.0 Å². The first-order chi connectivity index (χ1) is 8.65. The Bertz CT molecular complexity index is 519. The van der Waals surface area contributed by atoms with E-state index in [0.717, 1.165) is 0 Å². The monoisotopic (exact) mass is 247 g/mol. The van der Waals surface area contributed by atoms with Crippen LogP contribution in [0.1, 0.15) is 22.8 Å². The van der Waals surface area contributed by atoms with Gasteiger partial charge in [-0.25, -0.2) is 0 Å². The lowest BCUT2D eigenvalue weighted by atomic mass is 10.1. The number of amides is 1. The van der Waals surface area contributed by atoms with Crippen molar-refractivity contribution >= 4 is 11.7 Å². The number of Topliss-reactive ketones (excluding diaryl/α,β-unsaturated/α-hetero) is 1. The van der Waals surface area contributed by atoms with Gasteiger partial charge in [0.2, 0.25) is 0 Å². The minimum atomic E-state index is -1.20. The van der Waals surface area contributed by atoms with E-state index < -0.39 is 5.91 Å². The van der Waals surface area contributed by atoms with Crippen LogP contribution in [0.25, 0.3) is 0 Å². The number of nitrogens with zero attached hydrogens (tertiary/aromatic N) is 1. The number of carbonyl (C=O) groups is 2. The maximum atomic E-state index is 12.3. The molecule has 1 fully saturated rings. The maximum absolute atomic E-state index is 12.3. The lowest BCUT2D eigenvalue weighted by Gasteiger charge is -2.32. The smallest absolute Gasteiger partial charge is 0.284 e. The summed E-state index contributed by atoms with van der Waals surface area (Å²) in [4.78, 5) is 25.0. The van der Waals surface area contributed by atoms with Crippen molar-refractivity contribution in [3.63, 3.8) is 0 Å². The van der Waals surface area contributed by atoms with Crippen molar-refractivity contribution in [1.29, 1.82) is 0 Å². The van der Waals surface area contributed by atoms with Gasteiger partial charge in [-0.15, -0.1) is 0 Å². The van der Waals surface area contributed by atoms with E-state index in [1.807, 2.05) is 6.07 Å². The van der Waals surface area contributed by atoms with Gasteiger partial charge in [0, 0.05) is 5.56 Å². The SMILES string of the molecule is CC(=O)CN1C(=O)c2ccccc2C12OCCO2. The first-order valence-corrected chi connectivity index (χ1v) is 5.84. The minimum absolute atomic E-state index is 0.00644. The van der Waals surface area contributed by atoms with E-state index in [4.69, 9.17) is 9.47 Å². The number of fused-ring (bicyclic) bond motifs is 2. The molecule has 1 saturated heterocycles. The molecule has 1 amide bonds. The van der Waals surface area contributed by atoms with Crippen molar-refractivity contribution in [2.24, 2.45) is 0 Å². The van der Waals surface area contributed by atoms with Crippen molar-refractivity contribution < 1.29 is 19.1 Å². The van der Waals surface area contributed by atoms with Crippen LogP contribution in [0, 0.1) is 0 Å². The summed E-state index contributed by atoms with van der Waals surface area (Å²) in [6, 6.07) is 7.15. The molecule has 1 spiro atoms. The molecule has 0 unspecified atom stereocenters. The predicted molar refractivity (Wildman–Crippen MR) is 61.7 cm³/mol. The summed E-state index contributed by atoms with van der Waals surface area (Å²) in [5, 5.41) is 0. The number of rotatable bonds is 2. The van der Waals surface area contributed by atoms with E-state index in [1.54, 1.807) is 18.2 Å². The van der Waals surface area contributed by atoms with E-state index in [0.29, 0.717) is 24.3 Å². The number of hydrogen-bond acceptors (Lipinski definition) is 4. The normalized spacial score (nSPS) is 20.5. The van der Waals surface area contributed by atoms with E-state index in [2.05, 4.69) is 0 Å². The van der Waals surface area contributed by atoms with Gasteiger partial charge < -0.3 is 9.47 Å². The molecule has 2 heterocycles. The van der Waals surface area contributed by atoms with E-state index >= 15 is 0 Å². The number of ether oxygens (including phenoxy) is 2. The molecule has 0 saturated carbocycles. The summed E-state index contributed by atoms with van der Waals surface area (Å²) in [6.07, 6.45) is 0. The third kappa shape index (κ3) is 1.41. The fourth-order valence-electron chi connectivity index (χ4n) is 2.48. The van der Waals surface area contributed by atoms with E-state index in [-0.39, 0.29) is 18.2 Å². The molecular weight excluding hydrogens is 234 g/mol. The standard InChI is InChI=1S/C13H13NO4/c1-9(15)8-14-12(16)10-4-2-3-5-11(10)13(14)17-6-7-18-13/h2-5H,6-8H2,1H3. The average molecular weight is 247 g/mol. The zero-order valence-corrected chi connectivity index (χ0v) is 10.0. The van der Waals surface area contributed by atoms with Gasteiger partial charge in [0.05, 0.1) is 25.3 Å². The highest BCUT2D eigenvalue weighted by Gasteiger charge is 2.54. The fraction of sp³-hybridized carbons (Fsp3) is 0.385. The Morgan fingerprint density at radius 2 is 2.00 bits per heavy atom. The topological polar surface area (TPSA) is 55.8 Å². The zero-order valence-electron chi connectivity index (χ0n) is 10.0. The first-order valence-electron chi connectivity index (χ1n) is 5.84. The highest BCUT2D eigenvalue weighted by Crippen LogP contribution is 2.43. The number of ketones is 1. The second-order valence-electron chi connectivity index (χ2n) is 4.42. The second-order valence-corrected chi connectivity index (χ2v) is 4.42. The minimum Gasteiger partial charge on any atom is -0.326 e. The molecule has 5 heteroatoms. The summed E-state index contributed by atoms with van der Waals surface area (Å²) in [5.74, 6) is -1.52. The lowest BCUT2D eigenvalue weighted by molar-refractivity contribution is -0.242. The molecule has 18 heavy (non-hydrogen) atoms. The third-order valence-corrected chi connectivity index (χ3v) is 3.16. The molecule has 2 aliphatic heterocycles. The van der Waals surface area contributed by atoms with Crippen molar-refractivity contribution in [3.05, 3.63) is 35.4 Å². The number of hydrogen-bond donors (Lipinski definition) is 0. The van der Waals surface area contributed by atoms with Gasteiger partial charge in [0.15, 0.2) is 0 Å². The third-order valence-electron chi connectivity index (χ3n) is 3.16. The van der Waals surface area contributed by atoms with E-state index in [1.165, 1.54) is 11.8 Å². The summed E-state index contributed by atoms with van der Waals surface area (Å²) in [6.45, 7) is 2.26. The van der Waals surface area contributed by atoms with Gasteiger partial charge >= 0.3 is 0 Å². The molecule has 0 aromatic heterocycles. The number of benzene rings is 1. The predicted octanol–water partition coefficient (Wildman–Crippen LogP) is 0.889. The molecule has 0 bridgehead atoms. The molecule has 94 valence electrons. The second kappa shape index (κ2) is 3.90. The van der Waals surface area contributed by atoms with Crippen molar-refractivity contribution in [1.82, 2.24) is 4.90 Å². The summed E-state index contributed by atoms with van der Waals surface area (Å²) < 4.78 is 11.3. The van der Waals surface area contributed by atoms with Crippen LogP contribution >= 0.6 is 0 Å². The van der Waals surface area contributed by atoms with Gasteiger partial charge in [0.25, 0.3) is 11.8 Å². The average Bonchev–Trinajstić information content (AvgIpc) is 2.92. The molecule has 2 aliphatic rings. The van der Waals surface area contributed by atoms with Crippen LogP contribution in [0.5, 0.6) is 0 Å². The quantitative estimate of drug-likeness (QED) is 0.778. The van der Waals surface area contributed by atoms with Gasteiger partial charge in [-0.1, -0.05) is 18.2 Å². The van der Waals surface area contributed by atoms with Gasteiger partial charge in [-0.3, -0.25) is 14.5 Å². The molecule has 0 N–H and O–H groups in total. The van der Waals surface area contributed by atoms with Crippen molar-refractivity contribution in [3.8, 4) is 0 Å². The van der Waals surface area contributed by atoms with Gasteiger partial charge in [0.1, 0.15) is 5.78 Å². The Kier molecular flexibility index (Phi) is 2.46. The summed E-state index contributed by atoms with van der Waals surface area (Å²) in [7, 11) is 0. The highest BCUT2D eigenvalue weighted by molar-refractivity contribution is 6.01. The fourth-order valence-corrected chi connectivity index (χ4v) is 2.48. The Hall–Kier alpha value is -1.72. The van der Waals surface area contributed by atoms with Crippen LogP contribution < -0.4 is 0 Å². The molecule has 5 nitrogen and oxygen atoms in total. The molecule has 0 radical (unpaired) electrons. The van der Waals surface area contributed by atoms with Crippen LogP contribution in [-0.2, 0) is 20.2 Å². The Morgan fingerprint density at radius 3 is 2.67 bits per heavy atom. The summed E-state index contributed by atoms with van der Waals surface area (Å²) >= 11 is 0.